The zero-order valence-corrected chi connectivity index (χ0v) is 17.2. The number of hydrogen-bond acceptors (Lipinski definition) is 4. The van der Waals surface area contributed by atoms with Crippen molar-refractivity contribution in [3.8, 4) is 0 Å². The second-order valence-corrected chi connectivity index (χ2v) is 8.85. The minimum absolute atomic E-state index is 0.0315. The number of nitrogens with zero attached hydrogens (tertiary/aromatic N) is 3. The first-order valence-corrected chi connectivity index (χ1v) is 9.61. The van der Waals surface area contributed by atoms with Crippen molar-refractivity contribution in [1.82, 2.24) is 9.97 Å². The number of anilines is 1. The van der Waals surface area contributed by atoms with Crippen molar-refractivity contribution in [2.45, 2.75) is 60.4 Å². The molecule has 0 spiro atoms. The molecule has 3 heterocycles. The molecule has 0 atom stereocenters. The summed E-state index contributed by atoms with van der Waals surface area (Å²) in [5, 5.41) is 0. The number of halogens is 2. The number of hydrogen-bond donors (Lipinski definition) is 0. The van der Waals surface area contributed by atoms with Crippen molar-refractivity contribution in [1.29, 1.82) is 0 Å². The number of ketones is 1. The molecule has 0 aliphatic carbocycles. The van der Waals surface area contributed by atoms with E-state index in [1.165, 1.54) is 6.07 Å². The summed E-state index contributed by atoms with van der Waals surface area (Å²) in [4.78, 5) is 22.9. The summed E-state index contributed by atoms with van der Waals surface area (Å²) < 4.78 is 26.9. The van der Waals surface area contributed by atoms with Crippen LogP contribution in [0, 0.1) is 31.0 Å². The van der Waals surface area contributed by atoms with Crippen LogP contribution in [0.4, 0.5) is 14.6 Å². The van der Waals surface area contributed by atoms with Gasteiger partial charge >= 0.3 is 0 Å². The van der Waals surface area contributed by atoms with Crippen LogP contribution in [0.15, 0.2) is 12.1 Å². The summed E-state index contributed by atoms with van der Waals surface area (Å²) in [6.45, 7) is 11.2. The molecule has 0 N–H and O–H groups in total. The number of aryl methyl sites for hydroxylation is 2. The highest BCUT2D eigenvalue weighted by atomic mass is 19.2. The Kier molecular flexibility index (Phi) is 5.50. The smallest absolute Gasteiger partial charge is 0.249 e. The molecule has 1 aliphatic rings. The number of carbonyl (C=O) groups excluding carboxylic acids is 1. The monoisotopic (exact) mass is 387 g/mol. The van der Waals surface area contributed by atoms with Crippen LogP contribution >= 0.6 is 0 Å². The van der Waals surface area contributed by atoms with E-state index in [2.05, 4.69) is 25.8 Å². The summed E-state index contributed by atoms with van der Waals surface area (Å²) in [6.07, 6.45) is 1.46. The van der Waals surface area contributed by atoms with Crippen LogP contribution in [0.2, 0.25) is 0 Å². The lowest BCUT2D eigenvalue weighted by Gasteiger charge is -2.30. The zero-order chi connectivity index (χ0) is 20.6. The topological polar surface area (TPSA) is 46.1 Å². The number of fused-ring (bicyclic) bond motifs is 1. The van der Waals surface area contributed by atoms with Crippen LogP contribution in [0.5, 0.6) is 0 Å². The van der Waals surface area contributed by atoms with E-state index in [-0.39, 0.29) is 11.2 Å². The average molecular weight is 387 g/mol. The van der Waals surface area contributed by atoms with Gasteiger partial charge in [0.1, 0.15) is 11.6 Å². The first-order valence-electron chi connectivity index (χ1n) is 9.61. The molecule has 2 aromatic rings. The highest BCUT2D eigenvalue weighted by molar-refractivity contribution is 5.82. The van der Waals surface area contributed by atoms with Crippen molar-refractivity contribution in [3.63, 3.8) is 0 Å². The van der Waals surface area contributed by atoms with Crippen molar-refractivity contribution < 1.29 is 13.6 Å². The Labute approximate surface area is 165 Å². The molecule has 1 aliphatic heterocycles. The van der Waals surface area contributed by atoms with Gasteiger partial charge in [0, 0.05) is 38.0 Å². The van der Waals surface area contributed by atoms with Gasteiger partial charge in [-0.3, -0.25) is 4.79 Å². The van der Waals surface area contributed by atoms with Gasteiger partial charge in [-0.25, -0.2) is 14.4 Å². The van der Waals surface area contributed by atoms with Crippen LogP contribution in [-0.4, -0.2) is 22.3 Å². The Hall–Kier alpha value is -2.37. The van der Waals surface area contributed by atoms with Gasteiger partial charge in [0.15, 0.2) is 5.82 Å². The molecule has 0 saturated heterocycles. The maximum Gasteiger partial charge on any atom is 0.249 e. The SMILES string of the molecule is Cc1cc(N2CCc3nc(F)c(F)cc3C2)nc(C)c1CC(=O)CC(C)(C)C. The predicted molar refractivity (Wildman–Crippen MR) is 105 cm³/mol. The van der Waals surface area contributed by atoms with Crippen LogP contribution < -0.4 is 4.90 Å². The van der Waals surface area contributed by atoms with Crippen molar-refractivity contribution in [3.05, 3.63) is 52.0 Å². The number of carbonyl (C=O) groups is 1. The molecule has 0 saturated carbocycles. The van der Waals surface area contributed by atoms with E-state index < -0.39 is 11.8 Å². The Morgan fingerprint density at radius 2 is 1.89 bits per heavy atom. The average Bonchev–Trinajstić information content (AvgIpc) is 2.57. The third kappa shape index (κ3) is 4.54. The molecule has 0 radical (unpaired) electrons. The number of pyridine rings is 2. The first-order chi connectivity index (χ1) is 13.0. The van der Waals surface area contributed by atoms with E-state index in [4.69, 9.17) is 4.98 Å². The second-order valence-electron chi connectivity index (χ2n) is 8.85. The molecule has 0 fully saturated rings. The normalized spacial score (nSPS) is 14.2. The third-order valence-corrected chi connectivity index (χ3v) is 5.05. The van der Waals surface area contributed by atoms with Gasteiger partial charge in [0.2, 0.25) is 5.95 Å². The Morgan fingerprint density at radius 1 is 1.18 bits per heavy atom. The zero-order valence-electron chi connectivity index (χ0n) is 17.2. The molecule has 0 amide bonds. The summed E-state index contributed by atoms with van der Waals surface area (Å²) in [5.41, 5.74) is 4.10. The fourth-order valence-corrected chi connectivity index (χ4v) is 3.73. The minimum Gasteiger partial charge on any atom is -0.352 e. The van der Waals surface area contributed by atoms with Gasteiger partial charge in [0.05, 0.1) is 5.69 Å². The Balaban J connectivity index is 1.81. The van der Waals surface area contributed by atoms with E-state index in [1.54, 1.807) is 0 Å². The maximum atomic E-state index is 13.6. The third-order valence-electron chi connectivity index (χ3n) is 5.05. The summed E-state index contributed by atoms with van der Waals surface area (Å²) in [5.74, 6) is -0.962. The summed E-state index contributed by atoms with van der Waals surface area (Å²) in [7, 11) is 0. The largest absolute Gasteiger partial charge is 0.352 e. The van der Waals surface area contributed by atoms with Gasteiger partial charge in [-0.1, -0.05) is 20.8 Å². The van der Waals surface area contributed by atoms with E-state index in [1.807, 2.05) is 24.8 Å². The van der Waals surface area contributed by atoms with Gasteiger partial charge in [0.25, 0.3) is 0 Å². The number of Topliss-reactive ketones (excluding diaryl/α,β-unsaturated/α-hetero) is 1. The van der Waals surface area contributed by atoms with Crippen LogP contribution in [0.25, 0.3) is 0 Å². The van der Waals surface area contributed by atoms with E-state index in [0.29, 0.717) is 43.6 Å². The van der Waals surface area contributed by atoms with Gasteiger partial charge in [-0.05, 0) is 48.1 Å². The lowest BCUT2D eigenvalue weighted by Crippen LogP contribution is -2.32. The van der Waals surface area contributed by atoms with Crippen molar-refractivity contribution in [2.75, 3.05) is 11.4 Å². The molecule has 6 heteroatoms. The van der Waals surface area contributed by atoms with Gasteiger partial charge < -0.3 is 4.90 Å². The summed E-state index contributed by atoms with van der Waals surface area (Å²) >= 11 is 0. The fraction of sp³-hybridized carbons (Fsp3) is 0.500. The minimum atomic E-state index is -1.04. The molecule has 28 heavy (non-hydrogen) atoms. The molecule has 4 nitrogen and oxygen atoms in total. The quantitative estimate of drug-likeness (QED) is 0.726. The predicted octanol–water partition coefficient (Wildman–Crippen LogP) is 4.48. The molecule has 0 unspecified atom stereocenters. The van der Waals surface area contributed by atoms with Crippen LogP contribution in [0.3, 0.4) is 0 Å². The Bertz CT molecular complexity index is 896. The molecular weight excluding hydrogens is 360 g/mol. The molecular formula is C22H27F2N3O. The van der Waals surface area contributed by atoms with Gasteiger partial charge in [-0.2, -0.15) is 4.39 Å². The maximum absolute atomic E-state index is 13.6. The highest BCUT2D eigenvalue weighted by Crippen LogP contribution is 2.27. The van der Waals surface area contributed by atoms with Crippen LogP contribution in [-0.2, 0) is 24.2 Å². The summed E-state index contributed by atoms with van der Waals surface area (Å²) in [6, 6.07) is 3.20. The highest BCUT2D eigenvalue weighted by Gasteiger charge is 2.23. The van der Waals surface area contributed by atoms with Gasteiger partial charge in [-0.15, -0.1) is 0 Å². The van der Waals surface area contributed by atoms with Crippen molar-refractivity contribution in [2.24, 2.45) is 5.41 Å². The lowest BCUT2D eigenvalue weighted by atomic mass is 9.87. The van der Waals surface area contributed by atoms with Crippen LogP contribution in [0.1, 0.15) is 55.3 Å². The van der Waals surface area contributed by atoms with E-state index in [9.17, 15) is 13.6 Å². The van der Waals surface area contributed by atoms with Crippen molar-refractivity contribution >= 4 is 11.6 Å². The number of aromatic nitrogens is 2. The van der Waals surface area contributed by atoms with E-state index in [0.717, 1.165) is 22.6 Å². The molecule has 150 valence electrons. The molecule has 0 bridgehead atoms. The second kappa shape index (κ2) is 7.57. The standard InChI is InChI=1S/C22H27F2N3O/c1-13-8-20(25-14(2)17(13)10-16(28)11-22(3,4)5)27-7-6-19-15(12-27)9-18(23)21(24)26-19/h8-9H,6-7,10-12H2,1-5H3. The Morgan fingerprint density at radius 3 is 2.54 bits per heavy atom. The van der Waals surface area contributed by atoms with E-state index >= 15 is 0 Å². The number of rotatable bonds is 4. The fourth-order valence-electron chi connectivity index (χ4n) is 3.73. The molecule has 0 aromatic carbocycles. The molecule has 3 rings (SSSR count). The first kappa shape index (κ1) is 20.4. The lowest BCUT2D eigenvalue weighted by molar-refractivity contribution is -0.120. The molecule has 2 aromatic heterocycles.